The Morgan fingerprint density at radius 3 is 2.46 bits per heavy atom. The minimum absolute atomic E-state index is 0.0167. The molecular weight excluding hydrogens is 636 g/mol. The minimum atomic E-state index is -1.12. The Balaban J connectivity index is 1.78. The number of nitrogens with one attached hydrogen (secondary N) is 2. The van der Waals surface area contributed by atoms with Gasteiger partial charge in [-0.25, -0.2) is 9.78 Å². The summed E-state index contributed by atoms with van der Waals surface area (Å²) in [7, 11) is 3.21. The molecule has 3 amide bonds. The van der Waals surface area contributed by atoms with Gasteiger partial charge in [0.15, 0.2) is 12.6 Å². The Hall–Kier alpha value is -5.38. The Kier molecular flexibility index (Phi) is 11.1. The third-order valence-corrected chi connectivity index (χ3v) is 7.63. The van der Waals surface area contributed by atoms with E-state index in [9.17, 15) is 24.8 Å². The summed E-state index contributed by atoms with van der Waals surface area (Å²) in [5.41, 5.74) is 2.03. The van der Waals surface area contributed by atoms with Crippen LogP contribution in [0.5, 0.6) is 5.75 Å². The number of halogens is 1. The van der Waals surface area contributed by atoms with Crippen LogP contribution in [0.25, 0.3) is 22.4 Å². The van der Waals surface area contributed by atoms with Gasteiger partial charge in [0, 0.05) is 60.2 Å². The van der Waals surface area contributed by atoms with E-state index in [4.69, 9.17) is 21.1 Å². The normalized spacial score (nSPS) is 11.7. The van der Waals surface area contributed by atoms with Gasteiger partial charge < -0.3 is 34.7 Å². The van der Waals surface area contributed by atoms with Crippen molar-refractivity contribution in [1.29, 1.82) is 5.26 Å². The molecule has 4 rings (SSSR count). The molecule has 2 aromatic heterocycles. The smallest absolute Gasteiger partial charge is 0.407 e. The van der Waals surface area contributed by atoms with E-state index >= 15 is 0 Å². The van der Waals surface area contributed by atoms with Gasteiger partial charge in [0.2, 0.25) is 5.91 Å². The number of hydrogen-bond donors (Lipinski definition) is 3. The van der Waals surface area contributed by atoms with Crippen LogP contribution in [0.4, 0.5) is 16.3 Å². The van der Waals surface area contributed by atoms with E-state index in [1.807, 2.05) is 0 Å². The summed E-state index contributed by atoms with van der Waals surface area (Å²) in [4.78, 5) is 44.2. The predicted molar refractivity (Wildman–Crippen MR) is 183 cm³/mol. The number of carbonyl (C=O) groups excluding carboxylic acids is 2. The number of methoxy groups -OCH3 is 1. The lowest BCUT2D eigenvalue weighted by atomic mass is 9.97. The standard InChI is InChI=1S/C35H37ClN6O6/c1-21(42(34(45)46)35(2,3)4)15-31(43)38-24-10-7-9-22(16-24)26-18-28(25-13-12-23(36)17-30(25)48-20-47-6)39-32(27(26)19-37)40-33(44)29-11-8-14-41(29)5/h7-14,16-18,21H,15,20H2,1-6H3,(H,38,43)(H,45,46)(H,39,40,44). The number of hydrogen-bond acceptors (Lipinski definition) is 7. The summed E-state index contributed by atoms with van der Waals surface area (Å²) >= 11 is 6.27. The van der Waals surface area contributed by atoms with Crippen molar-refractivity contribution in [3.8, 4) is 34.2 Å². The van der Waals surface area contributed by atoms with Gasteiger partial charge in [-0.1, -0.05) is 23.7 Å². The lowest BCUT2D eigenvalue weighted by Crippen LogP contribution is -2.51. The third kappa shape index (κ3) is 8.31. The fourth-order valence-electron chi connectivity index (χ4n) is 5.41. The van der Waals surface area contributed by atoms with Crippen LogP contribution < -0.4 is 15.4 Å². The van der Waals surface area contributed by atoms with Crippen LogP contribution >= 0.6 is 11.6 Å². The number of aryl methyl sites for hydroxylation is 1. The van der Waals surface area contributed by atoms with Crippen LogP contribution in [-0.2, 0) is 16.6 Å². The maximum Gasteiger partial charge on any atom is 0.407 e. The molecule has 0 aliphatic heterocycles. The number of amides is 3. The van der Waals surface area contributed by atoms with Gasteiger partial charge in [0.25, 0.3) is 5.91 Å². The monoisotopic (exact) mass is 672 g/mol. The van der Waals surface area contributed by atoms with Crippen molar-refractivity contribution < 1.29 is 29.0 Å². The number of nitriles is 1. The lowest BCUT2D eigenvalue weighted by Gasteiger charge is -2.37. The molecule has 4 aromatic rings. The van der Waals surface area contributed by atoms with Gasteiger partial charge in [-0.15, -0.1) is 0 Å². The molecule has 12 nitrogen and oxygen atoms in total. The van der Waals surface area contributed by atoms with Crippen LogP contribution in [0.15, 0.2) is 66.9 Å². The molecule has 0 aliphatic carbocycles. The van der Waals surface area contributed by atoms with Gasteiger partial charge in [-0.05, 0) is 81.8 Å². The highest BCUT2D eigenvalue weighted by Gasteiger charge is 2.32. The molecule has 0 saturated heterocycles. The fourth-order valence-corrected chi connectivity index (χ4v) is 5.57. The molecule has 48 heavy (non-hydrogen) atoms. The number of anilines is 2. The third-order valence-electron chi connectivity index (χ3n) is 7.40. The summed E-state index contributed by atoms with van der Waals surface area (Å²) in [6.07, 6.45) is 0.534. The molecule has 2 aromatic carbocycles. The second-order valence-electron chi connectivity index (χ2n) is 12.0. The quantitative estimate of drug-likeness (QED) is 0.144. The SMILES string of the molecule is COCOc1cc(Cl)ccc1-c1cc(-c2cccc(NC(=O)CC(C)N(C(=O)O)C(C)(C)C)c2)c(C#N)c(NC(=O)c2cccn2C)n1. The molecular formula is C35H37ClN6O6. The topological polar surface area (TPSA) is 159 Å². The number of ether oxygens (including phenoxy) is 2. The zero-order valence-electron chi connectivity index (χ0n) is 27.5. The number of rotatable bonds is 11. The number of carbonyl (C=O) groups is 3. The molecule has 1 unspecified atom stereocenters. The molecule has 0 spiro atoms. The van der Waals surface area contributed by atoms with Gasteiger partial charge in [0.05, 0.1) is 5.69 Å². The van der Waals surface area contributed by atoms with Crippen molar-refractivity contribution in [3.63, 3.8) is 0 Å². The van der Waals surface area contributed by atoms with E-state index in [1.54, 1.807) is 106 Å². The van der Waals surface area contributed by atoms with E-state index < -0.39 is 23.6 Å². The zero-order chi connectivity index (χ0) is 35.2. The van der Waals surface area contributed by atoms with E-state index in [2.05, 4.69) is 21.7 Å². The average molecular weight is 673 g/mol. The highest BCUT2D eigenvalue weighted by molar-refractivity contribution is 6.30. The summed E-state index contributed by atoms with van der Waals surface area (Å²) in [6, 6.07) is 18.5. The highest BCUT2D eigenvalue weighted by Crippen LogP contribution is 2.38. The summed E-state index contributed by atoms with van der Waals surface area (Å²) in [5.74, 6) is -0.471. The van der Waals surface area contributed by atoms with Crippen molar-refractivity contribution in [1.82, 2.24) is 14.5 Å². The molecule has 1 atom stereocenters. The second kappa shape index (κ2) is 15.0. The van der Waals surface area contributed by atoms with E-state index in [0.717, 1.165) is 0 Å². The first-order chi connectivity index (χ1) is 22.7. The molecule has 0 bridgehead atoms. The Labute approximate surface area is 283 Å². The number of nitrogens with zero attached hydrogens (tertiary/aromatic N) is 4. The molecule has 2 heterocycles. The first-order valence-electron chi connectivity index (χ1n) is 15.0. The lowest BCUT2D eigenvalue weighted by molar-refractivity contribution is -0.117. The van der Waals surface area contributed by atoms with Crippen LogP contribution in [0.1, 0.15) is 50.2 Å². The number of benzene rings is 2. The Bertz CT molecular complexity index is 1880. The number of carboxylic acid groups (broad SMARTS) is 1. The molecule has 0 radical (unpaired) electrons. The van der Waals surface area contributed by atoms with Crippen LogP contribution in [0.2, 0.25) is 5.02 Å². The van der Waals surface area contributed by atoms with Crippen molar-refractivity contribution in [3.05, 3.63) is 83.1 Å². The molecule has 0 saturated carbocycles. The molecule has 0 fully saturated rings. The van der Waals surface area contributed by atoms with E-state index in [-0.39, 0.29) is 30.5 Å². The molecule has 250 valence electrons. The van der Waals surface area contributed by atoms with Gasteiger partial charge in [-0.2, -0.15) is 5.26 Å². The van der Waals surface area contributed by atoms with Crippen LogP contribution in [-0.4, -0.2) is 62.9 Å². The molecule has 0 aliphatic rings. The first kappa shape index (κ1) is 35.5. The van der Waals surface area contributed by atoms with Gasteiger partial charge in [0.1, 0.15) is 23.1 Å². The summed E-state index contributed by atoms with van der Waals surface area (Å²) < 4.78 is 12.5. The van der Waals surface area contributed by atoms with Crippen LogP contribution in [0.3, 0.4) is 0 Å². The molecule has 13 heteroatoms. The van der Waals surface area contributed by atoms with E-state index in [0.29, 0.717) is 44.5 Å². The number of aromatic nitrogens is 2. The molecule has 3 N–H and O–H groups in total. The predicted octanol–water partition coefficient (Wildman–Crippen LogP) is 7.01. The van der Waals surface area contributed by atoms with Crippen molar-refractivity contribution >= 4 is 41.0 Å². The van der Waals surface area contributed by atoms with Gasteiger partial charge in [-0.3, -0.25) is 9.59 Å². The van der Waals surface area contributed by atoms with Crippen molar-refractivity contribution in [2.45, 2.75) is 45.7 Å². The Morgan fingerprint density at radius 2 is 1.83 bits per heavy atom. The minimum Gasteiger partial charge on any atom is -0.467 e. The largest absolute Gasteiger partial charge is 0.467 e. The average Bonchev–Trinajstić information content (AvgIpc) is 3.44. The zero-order valence-corrected chi connectivity index (χ0v) is 28.3. The first-order valence-corrected chi connectivity index (χ1v) is 15.3. The fraction of sp³-hybridized carbons (Fsp3) is 0.286. The maximum atomic E-state index is 13.3. The highest BCUT2D eigenvalue weighted by atomic mass is 35.5. The van der Waals surface area contributed by atoms with E-state index in [1.165, 1.54) is 12.0 Å². The Morgan fingerprint density at radius 1 is 1.08 bits per heavy atom. The van der Waals surface area contributed by atoms with Gasteiger partial charge >= 0.3 is 6.09 Å². The van der Waals surface area contributed by atoms with Crippen molar-refractivity contribution in [2.24, 2.45) is 7.05 Å². The summed E-state index contributed by atoms with van der Waals surface area (Å²) in [5, 5.41) is 26.2. The maximum absolute atomic E-state index is 13.3. The summed E-state index contributed by atoms with van der Waals surface area (Å²) in [6.45, 7) is 6.92. The van der Waals surface area contributed by atoms with Crippen molar-refractivity contribution in [2.75, 3.05) is 24.5 Å². The van der Waals surface area contributed by atoms with Crippen LogP contribution in [0, 0.1) is 11.3 Å². The number of pyridine rings is 1. The second-order valence-corrected chi connectivity index (χ2v) is 12.5.